The number of benzene rings is 2. The number of methoxy groups -OCH3 is 2. The molecule has 0 amide bonds. The van der Waals surface area contributed by atoms with E-state index in [1.54, 1.807) is 20.3 Å². The molecule has 2 aromatic carbocycles. The number of nitrogens with one attached hydrogen (secondary N) is 1. The molecule has 22 heavy (non-hydrogen) atoms. The van der Waals surface area contributed by atoms with Crippen LogP contribution in [0.4, 0.5) is 0 Å². The molecule has 114 valence electrons. The van der Waals surface area contributed by atoms with E-state index in [4.69, 9.17) is 14.7 Å². The SMILES string of the molecule is COc1ccc(C(C)NCc2cccc(C#N)c2)c(OC)c1. The fraction of sp³-hybridized carbons (Fsp3) is 0.278. The van der Waals surface area contributed by atoms with Crippen LogP contribution in [0.2, 0.25) is 0 Å². The molecular formula is C18H20N2O2. The van der Waals surface area contributed by atoms with Gasteiger partial charge in [-0.15, -0.1) is 0 Å². The third-order valence-electron chi connectivity index (χ3n) is 3.58. The fourth-order valence-electron chi connectivity index (χ4n) is 2.31. The van der Waals surface area contributed by atoms with Gasteiger partial charge in [0.2, 0.25) is 0 Å². The predicted molar refractivity (Wildman–Crippen MR) is 86.0 cm³/mol. The third-order valence-corrected chi connectivity index (χ3v) is 3.58. The number of nitriles is 1. The highest BCUT2D eigenvalue weighted by molar-refractivity contribution is 5.42. The summed E-state index contributed by atoms with van der Waals surface area (Å²) in [6.45, 7) is 2.77. The lowest BCUT2D eigenvalue weighted by Gasteiger charge is -2.18. The smallest absolute Gasteiger partial charge is 0.127 e. The largest absolute Gasteiger partial charge is 0.497 e. The maximum atomic E-state index is 8.94. The molecule has 2 aromatic rings. The van der Waals surface area contributed by atoms with E-state index < -0.39 is 0 Å². The standard InChI is InChI=1S/C18H20N2O2/c1-13(17-8-7-16(21-2)10-18(17)22-3)20-12-15-6-4-5-14(9-15)11-19/h4-10,13,20H,12H2,1-3H3. The van der Waals surface area contributed by atoms with Crippen molar-refractivity contribution in [2.75, 3.05) is 14.2 Å². The first kappa shape index (κ1) is 15.9. The fourth-order valence-corrected chi connectivity index (χ4v) is 2.31. The molecule has 4 heteroatoms. The highest BCUT2D eigenvalue weighted by Gasteiger charge is 2.12. The van der Waals surface area contributed by atoms with Crippen LogP contribution in [0, 0.1) is 11.3 Å². The Morgan fingerprint density at radius 2 is 1.95 bits per heavy atom. The Labute approximate surface area is 131 Å². The van der Waals surface area contributed by atoms with Crippen molar-refractivity contribution in [2.45, 2.75) is 19.5 Å². The molecule has 0 fully saturated rings. The van der Waals surface area contributed by atoms with Gasteiger partial charge in [0.1, 0.15) is 11.5 Å². The topological polar surface area (TPSA) is 54.3 Å². The van der Waals surface area contributed by atoms with Gasteiger partial charge in [-0.2, -0.15) is 5.26 Å². The van der Waals surface area contributed by atoms with Crippen molar-refractivity contribution < 1.29 is 9.47 Å². The number of hydrogen-bond donors (Lipinski definition) is 1. The minimum Gasteiger partial charge on any atom is -0.497 e. The van der Waals surface area contributed by atoms with Crippen molar-refractivity contribution in [2.24, 2.45) is 0 Å². The van der Waals surface area contributed by atoms with Gasteiger partial charge in [-0.1, -0.05) is 18.2 Å². The van der Waals surface area contributed by atoms with E-state index in [2.05, 4.69) is 18.3 Å². The second-order valence-electron chi connectivity index (χ2n) is 5.02. The Hall–Kier alpha value is -2.51. The first-order chi connectivity index (χ1) is 10.7. The molecular weight excluding hydrogens is 276 g/mol. The van der Waals surface area contributed by atoms with E-state index in [-0.39, 0.29) is 6.04 Å². The van der Waals surface area contributed by atoms with Crippen molar-refractivity contribution in [3.05, 3.63) is 59.2 Å². The number of hydrogen-bond acceptors (Lipinski definition) is 4. The predicted octanol–water partition coefficient (Wildman–Crippen LogP) is 3.43. The summed E-state index contributed by atoms with van der Waals surface area (Å²) in [7, 11) is 3.29. The summed E-state index contributed by atoms with van der Waals surface area (Å²) in [4.78, 5) is 0. The van der Waals surface area contributed by atoms with E-state index in [0.717, 1.165) is 22.6 Å². The maximum absolute atomic E-state index is 8.94. The molecule has 0 aliphatic rings. The molecule has 4 nitrogen and oxygen atoms in total. The Kier molecular flexibility index (Phi) is 5.40. The van der Waals surface area contributed by atoms with Crippen LogP contribution in [0.3, 0.4) is 0 Å². The number of nitrogens with zero attached hydrogens (tertiary/aromatic N) is 1. The Morgan fingerprint density at radius 3 is 2.64 bits per heavy atom. The first-order valence-electron chi connectivity index (χ1n) is 7.12. The van der Waals surface area contributed by atoms with Crippen LogP contribution in [0.5, 0.6) is 11.5 Å². The highest BCUT2D eigenvalue weighted by atomic mass is 16.5. The molecule has 0 bridgehead atoms. The summed E-state index contributed by atoms with van der Waals surface area (Å²) in [5.41, 5.74) is 2.83. The van der Waals surface area contributed by atoms with Crippen LogP contribution >= 0.6 is 0 Å². The summed E-state index contributed by atoms with van der Waals surface area (Å²) in [6, 6.07) is 15.7. The maximum Gasteiger partial charge on any atom is 0.127 e. The van der Waals surface area contributed by atoms with Crippen LogP contribution < -0.4 is 14.8 Å². The molecule has 0 saturated heterocycles. The van der Waals surface area contributed by atoms with E-state index in [9.17, 15) is 0 Å². The zero-order chi connectivity index (χ0) is 15.9. The molecule has 0 spiro atoms. The van der Waals surface area contributed by atoms with Gasteiger partial charge in [0.05, 0.1) is 25.9 Å². The van der Waals surface area contributed by atoms with Gasteiger partial charge >= 0.3 is 0 Å². The zero-order valence-electron chi connectivity index (χ0n) is 13.1. The van der Waals surface area contributed by atoms with Crippen molar-refractivity contribution in [3.63, 3.8) is 0 Å². The molecule has 1 unspecified atom stereocenters. The van der Waals surface area contributed by atoms with Crippen molar-refractivity contribution in [3.8, 4) is 17.6 Å². The molecule has 0 aliphatic carbocycles. The van der Waals surface area contributed by atoms with Crippen molar-refractivity contribution >= 4 is 0 Å². The van der Waals surface area contributed by atoms with E-state index in [0.29, 0.717) is 12.1 Å². The monoisotopic (exact) mass is 296 g/mol. The molecule has 1 N–H and O–H groups in total. The van der Waals surface area contributed by atoms with Crippen LogP contribution in [-0.2, 0) is 6.54 Å². The Balaban J connectivity index is 2.09. The van der Waals surface area contributed by atoms with Gasteiger partial charge in [-0.05, 0) is 30.7 Å². The molecule has 0 aromatic heterocycles. The first-order valence-corrected chi connectivity index (χ1v) is 7.12. The van der Waals surface area contributed by atoms with Crippen LogP contribution in [0.25, 0.3) is 0 Å². The summed E-state index contributed by atoms with van der Waals surface area (Å²) in [6.07, 6.45) is 0. The minimum atomic E-state index is 0.117. The van der Waals surface area contributed by atoms with Gasteiger partial charge in [-0.3, -0.25) is 0 Å². The van der Waals surface area contributed by atoms with Gasteiger partial charge in [-0.25, -0.2) is 0 Å². The molecule has 1 atom stereocenters. The second kappa shape index (κ2) is 7.48. The molecule has 0 aliphatic heterocycles. The number of ether oxygens (including phenoxy) is 2. The van der Waals surface area contributed by atoms with Gasteiger partial charge in [0.15, 0.2) is 0 Å². The quantitative estimate of drug-likeness (QED) is 0.887. The van der Waals surface area contributed by atoms with Gasteiger partial charge in [0.25, 0.3) is 0 Å². The summed E-state index contributed by atoms with van der Waals surface area (Å²) in [5.74, 6) is 1.57. The molecule has 2 rings (SSSR count). The Bertz CT molecular complexity index is 677. The lowest BCUT2D eigenvalue weighted by Crippen LogP contribution is -2.18. The Morgan fingerprint density at radius 1 is 1.14 bits per heavy atom. The molecule has 0 radical (unpaired) electrons. The third kappa shape index (κ3) is 3.78. The van der Waals surface area contributed by atoms with Crippen molar-refractivity contribution in [1.29, 1.82) is 5.26 Å². The summed E-state index contributed by atoms with van der Waals surface area (Å²) >= 11 is 0. The van der Waals surface area contributed by atoms with E-state index in [1.807, 2.05) is 36.4 Å². The van der Waals surface area contributed by atoms with Gasteiger partial charge in [0, 0.05) is 24.2 Å². The molecule has 0 heterocycles. The summed E-state index contributed by atoms with van der Waals surface area (Å²) in [5, 5.41) is 12.4. The average Bonchev–Trinajstić information content (AvgIpc) is 2.59. The average molecular weight is 296 g/mol. The second-order valence-corrected chi connectivity index (χ2v) is 5.02. The van der Waals surface area contributed by atoms with E-state index in [1.165, 1.54) is 0 Å². The normalized spacial score (nSPS) is 11.5. The lowest BCUT2D eigenvalue weighted by atomic mass is 10.1. The number of rotatable bonds is 6. The molecule has 0 saturated carbocycles. The zero-order valence-corrected chi connectivity index (χ0v) is 13.1. The van der Waals surface area contributed by atoms with Gasteiger partial charge < -0.3 is 14.8 Å². The van der Waals surface area contributed by atoms with Crippen molar-refractivity contribution in [1.82, 2.24) is 5.32 Å². The van der Waals surface area contributed by atoms with E-state index >= 15 is 0 Å². The summed E-state index contributed by atoms with van der Waals surface area (Å²) < 4.78 is 10.6. The van der Waals surface area contributed by atoms with Crippen LogP contribution in [0.15, 0.2) is 42.5 Å². The van der Waals surface area contributed by atoms with Crippen LogP contribution in [-0.4, -0.2) is 14.2 Å². The van der Waals surface area contributed by atoms with Crippen LogP contribution in [0.1, 0.15) is 29.7 Å². The highest BCUT2D eigenvalue weighted by Crippen LogP contribution is 2.29. The lowest BCUT2D eigenvalue weighted by molar-refractivity contribution is 0.386. The minimum absolute atomic E-state index is 0.117.